The number of nitrogens with one attached hydrogen (secondary N) is 1. The summed E-state index contributed by atoms with van der Waals surface area (Å²) in [7, 11) is 0. The van der Waals surface area contributed by atoms with Crippen molar-refractivity contribution < 1.29 is 9.18 Å². The molecule has 1 amide bonds. The highest BCUT2D eigenvalue weighted by molar-refractivity contribution is 7.99. The molecule has 0 atom stereocenters. The number of thioether (sulfide) groups is 1. The second-order valence-corrected chi connectivity index (χ2v) is 8.26. The predicted molar refractivity (Wildman–Crippen MR) is 109 cm³/mol. The summed E-state index contributed by atoms with van der Waals surface area (Å²) in [6, 6.07) is 10.1. The zero-order chi connectivity index (χ0) is 20.1. The molecule has 0 bridgehead atoms. The normalized spacial score (nSPS) is 10.8. The first kappa shape index (κ1) is 20.0. The van der Waals surface area contributed by atoms with Gasteiger partial charge in [0.05, 0.1) is 16.9 Å². The topological polar surface area (TPSA) is 83.6 Å². The van der Waals surface area contributed by atoms with E-state index >= 15 is 0 Å². The average molecular weight is 416 g/mol. The van der Waals surface area contributed by atoms with Gasteiger partial charge in [-0.1, -0.05) is 37.7 Å². The van der Waals surface area contributed by atoms with Gasteiger partial charge in [0.1, 0.15) is 16.9 Å². The Morgan fingerprint density at radius 3 is 2.86 bits per heavy atom. The molecule has 0 saturated carbocycles. The van der Waals surface area contributed by atoms with Crippen LogP contribution < -0.4 is 5.32 Å². The smallest absolute Gasteiger partial charge is 0.235 e. The zero-order valence-electron chi connectivity index (χ0n) is 15.3. The number of thiophene rings is 1. The number of aromatic nitrogens is 3. The molecule has 9 heteroatoms. The lowest BCUT2D eigenvalue weighted by Gasteiger charge is -2.12. The lowest BCUT2D eigenvalue weighted by atomic mass is 10.2. The summed E-state index contributed by atoms with van der Waals surface area (Å²) in [5.74, 6) is 0.237. The van der Waals surface area contributed by atoms with Crippen LogP contribution in [0.15, 0.2) is 40.9 Å². The summed E-state index contributed by atoms with van der Waals surface area (Å²) >= 11 is 2.53. The van der Waals surface area contributed by atoms with Crippen molar-refractivity contribution in [3.05, 3.63) is 47.1 Å². The average Bonchev–Trinajstić information content (AvgIpc) is 3.27. The fourth-order valence-corrected chi connectivity index (χ4v) is 4.06. The van der Waals surface area contributed by atoms with Crippen molar-refractivity contribution in [2.24, 2.45) is 5.92 Å². The van der Waals surface area contributed by atoms with Crippen LogP contribution in [-0.2, 0) is 11.3 Å². The first-order valence-corrected chi connectivity index (χ1v) is 10.4. The molecule has 2 aromatic heterocycles. The molecule has 0 fully saturated rings. The van der Waals surface area contributed by atoms with Gasteiger partial charge in [0.25, 0.3) is 0 Å². The number of hydrogen-bond acceptors (Lipinski definition) is 6. The van der Waals surface area contributed by atoms with Crippen LogP contribution in [0.4, 0.5) is 9.39 Å². The third kappa shape index (κ3) is 4.58. The van der Waals surface area contributed by atoms with E-state index in [0.717, 1.165) is 0 Å². The number of carbonyl (C=O) groups excluding carboxylic acids is 1. The van der Waals surface area contributed by atoms with E-state index in [4.69, 9.17) is 5.26 Å². The molecule has 0 radical (unpaired) electrons. The first-order chi connectivity index (χ1) is 13.5. The Balaban J connectivity index is 1.77. The van der Waals surface area contributed by atoms with Crippen LogP contribution in [0, 0.1) is 23.1 Å². The standard InChI is InChI=1S/C19H18FN5OS2/c1-12(2)10-25-17(14-5-3-4-6-15(14)20)23-24-19(25)28-11-16(26)22-18-13(9-21)7-8-27-18/h3-8,12H,10-11H2,1-2H3,(H,22,26). The highest BCUT2D eigenvalue weighted by Gasteiger charge is 2.19. The number of carbonyl (C=O) groups is 1. The number of nitriles is 1. The molecule has 1 aromatic carbocycles. The van der Waals surface area contributed by atoms with Crippen molar-refractivity contribution in [1.82, 2.24) is 14.8 Å². The number of rotatable bonds is 7. The third-order valence-electron chi connectivity index (χ3n) is 3.75. The minimum Gasteiger partial charge on any atom is -0.316 e. The Labute approximate surface area is 170 Å². The van der Waals surface area contributed by atoms with Gasteiger partial charge in [-0.3, -0.25) is 4.79 Å². The Kier molecular flexibility index (Phi) is 6.44. The van der Waals surface area contributed by atoms with Gasteiger partial charge in [-0.15, -0.1) is 21.5 Å². The molecule has 1 N–H and O–H groups in total. The monoisotopic (exact) mass is 415 g/mol. The fourth-order valence-electron chi connectivity index (χ4n) is 2.55. The molecule has 3 aromatic rings. The van der Waals surface area contributed by atoms with Gasteiger partial charge in [-0.25, -0.2) is 4.39 Å². The van der Waals surface area contributed by atoms with E-state index in [2.05, 4.69) is 15.5 Å². The lowest BCUT2D eigenvalue weighted by Crippen LogP contribution is -2.15. The van der Waals surface area contributed by atoms with Crippen molar-refractivity contribution in [3.63, 3.8) is 0 Å². The van der Waals surface area contributed by atoms with Crippen molar-refractivity contribution in [1.29, 1.82) is 5.26 Å². The van der Waals surface area contributed by atoms with E-state index in [1.54, 1.807) is 29.6 Å². The fraction of sp³-hybridized carbons (Fsp3) is 0.263. The zero-order valence-corrected chi connectivity index (χ0v) is 17.0. The predicted octanol–water partition coefficient (Wildman–Crippen LogP) is 4.40. The molecular weight excluding hydrogens is 397 g/mol. The molecule has 0 unspecified atom stereocenters. The van der Waals surface area contributed by atoms with Gasteiger partial charge in [-0.2, -0.15) is 5.26 Å². The lowest BCUT2D eigenvalue weighted by molar-refractivity contribution is -0.113. The van der Waals surface area contributed by atoms with Crippen molar-refractivity contribution in [2.75, 3.05) is 11.1 Å². The molecule has 0 spiro atoms. The Morgan fingerprint density at radius 2 is 2.14 bits per heavy atom. The van der Waals surface area contributed by atoms with Crippen LogP contribution in [-0.4, -0.2) is 26.4 Å². The molecule has 0 aliphatic rings. The van der Waals surface area contributed by atoms with Crippen LogP contribution >= 0.6 is 23.1 Å². The van der Waals surface area contributed by atoms with Gasteiger partial charge >= 0.3 is 0 Å². The number of hydrogen-bond donors (Lipinski definition) is 1. The number of halogens is 1. The quantitative estimate of drug-likeness (QED) is 0.578. The Bertz CT molecular complexity index is 1020. The van der Waals surface area contributed by atoms with Crippen LogP contribution in [0.3, 0.4) is 0 Å². The largest absolute Gasteiger partial charge is 0.316 e. The van der Waals surface area contributed by atoms with E-state index in [1.807, 2.05) is 24.5 Å². The van der Waals surface area contributed by atoms with Crippen molar-refractivity contribution in [3.8, 4) is 17.5 Å². The van der Waals surface area contributed by atoms with E-state index in [1.165, 1.54) is 29.2 Å². The van der Waals surface area contributed by atoms with Crippen molar-refractivity contribution >= 4 is 34.0 Å². The molecule has 6 nitrogen and oxygen atoms in total. The maximum atomic E-state index is 14.2. The van der Waals surface area contributed by atoms with Gasteiger partial charge in [-0.05, 0) is 29.5 Å². The second-order valence-electron chi connectivity index (χ2n) is 6.40. The van der Waals surface area contributed by atoms with Crippen LogP contribution in [0.1, 0.15) is 19.4 Å². The Hall–Kier alpha value is -2.70. The number of amides is 1. The van der Waals surface area contributed by atoms with Gasteiger partial charge in [0.2, 0.25) is 5.91 Å². The Morgan fingerprint density at radius 1 is 1.36 bits per heavy atom. The molecular formula is C19H18FN5OS2. The minimum atomic E-state index is -0.365. The maximum Gasteiger partial charge on any atom is 0.235 e. The summed E-state index contributed by atoms with van der Waals surface area (Å²) in [4.78, 5) is 12.3. The molecule has 0 saturated heterocycles. The van der Waals surface area contributed by atoms with E-state index in [-0.39, 0.29) is 17.5 Å². The van der Waals surface area contributed by atoms with Crippen LogP contribution in [0.25, 0.3) is 11.4 Å². The third-order valence-corrected chi connectivity index (χ3v) is 5.55. The summed E-state index contributed by atoms with van der Waals surface area (Å²) in [5, 5.41) is 22.9. The summed E-state index contributed by atoms with van der Waals surface area (Å²) in [5.41, 5.74) is 0.817. The molecule has 3 rings (SSSR count). The molecule has 2 heterocycles. The van der Waals surface area contributed by atoms with Gasteiger partial charge in [0, 0.05) is 6.54 Å². The number of anilines is 1. The summed E-state index contributed by atoms with van der Waals surface area (Å²) in [6.07, 6.45) is 0. The van der Waals surface area contributed by atoms with Crippen LogP contribution in [0.5, 0.6) is 0 Å². The first-order valence-electron chi connectivity index (χ1n) is 8.58. The minimum absolute atomic E-state index is 0.107. The summed E-state index contributed by atoms with van der Waals surface area (Å²) < 4.78 is 16.1. The second kappa shape index (κ2) is 8.99. The highest BCUT2D eigenvalue weighted by Crippen LogP contribution is 2.27. The number of nitrogens with zero attached hydrogens (tertiary/aromatic N) is 4. The van der Waals surface area contributed by atoms with Gasteiger partial charge in [0.15, 0.2) is 11.0 Å². The van der Waals surface area contributed by atoms with Crippen LogP contribution in [0.2, 0.25) is 0 Å². The van der Waals surface area contributed by atoms with E-state index in [0.29, 0.717) is 39.6 Å². The highest BCUT2D eigenvalue weighted by atomic mass is 32.2. The van der Waals surface area contributed by atoms with E-state index < -0.39 is 0 Å². The number of benzene rings is 1. The van der Waals surface area contributed by atoms with E-state index in [9.17, 15) is 9.18 Å². The molecule has 144 valence electrons. The maximum absolute atomic E-state index is 14.2. The molecule has 0 aliphatic carbocycles. The SMILES string of the molecule is CC(C)Cn1c(SCC(=O)Nc2sccc2C#N)nnc1-c1ccccc1F. The van der Waals surface area contributed by atoms with Gasteiger partial charge < -0.3 is 9.88 Å². The molecule has 0 aliphatic heterocycles. The summed E-state index contributed by atoms with van der Waals surface area (Å²) in [6.45, 7) is 4.70. The van der Waals surface area contributed by atoms with Crippen molar-refractivity contribution in [2.45, 2.75) is 25.5 Å². The molecule has 28 heavy (non-hydrogen) atoms.